The second kappa shape index (κ2) is 13.0. The molecule has 10 nitrogen and oxygen atoms in total. The summed E-state index contributed by atoms with van der Waals surface area (Å²) in [5, 5.41) is 25.1. The molecule has 3 rings (SSSR count). The van der Waals surface area contributed by atoms with Crippen LogP contribution in [-0.4, -0.2) is 71.7 Å². The second-order valence-corrected chi connectivity index (χ2v) is 11.5. The van der Waals surface area contributed by atoms with E-state index >= 15 is 0 Å². The first kappa shape index (κ1) is 30.6. The Hall–Kier alpha value is -3.92. The van der Waals surface area contributed by atoms with E-state index in [0.717, 1.165) is 17.5 Å². The highest BCUT2D eigenvalue weighted by molar-refractivity contribution is 5.88. The number of likely N-dealkylation sites (N-methyl/N-ethyl adjacent to an activating group) is 1. The lowest BCUT2D eigenvalue weighted by Crippen LogP contribution is -2.49. The first-order valence-corrected chi connectivity index (χ1v) is 13.3. The number of benzene rings is 2. The summed E-state index contributed by atoms with van der Waals surface area (Å²) >= 11 is 0. The third-order valence-electron chi connectivity index (χ3n) is 6.98. The van der Waals surface area contributed by atoms with Gasteiger partial charge in [-0.25, -0.2) is 9.59 Å². The molecule has 2 amide bonds. The summed E-state index contributed by atoms with van der Waals surface area (Å²) in [4.78, 5) is 52.0. The summed E-state index contributed by atoms with van der Waals surface area (Å²) in [5.74, 6) is -2.60. The molecule has 216 valence electrons. The van der Waals surface area contributed by atoms with E-state index in [0.29, 0.717) is 23.4 Å². The number of carboxylic acids is 2. The fourth-order valence-corrected chi connectivity index (χ4v) is 4.96. The van der Waals surface area contributed by atoms with Crippen LogP contribution in [0.15, 0.2) is 42.5 Å². The molecule has 0 bridgehead atoms. The van der Waals surface area contributed by atoms with Crippen molar-refractivity contribution in [2.75, 3.05) is 20.7 Å². The maximum absolute atomic E-state index is 13.5. The second-order valence-electron chi connectivity index (χ2n) is 11.5. The highest BCUT2D eigenvalue weighted by Crippen LogP contribution is 2.32. The molecule has 0 aromatic heterocycles. The third-order valence-corrected chi connectivity index (χ3v) is 6.98. The lowest BCUT2D eigenvalue weighted by Gasteiger charge is -2.34. The number of methoxy groups -OCH3 is 1. The summed E-state index contributed by atoms with van der Waals surface area (Å²) in [6.45, 7) is 6.30. The van der Waals surface area contributed by atoms with Gasteiger partial charge in [-0.05, 0) is 53.3 Å². The van der Waals surface area contributed by atoms with Crippen molar-refractivity contribution in [3.63, 3.8) is 0 Å². The van der Waals surface area contributed by atoms with Gasteiger partial charge in [0, 0.05) is 25.8 Å². The molecular formula is C30H39N3O7. The van der Waals surface area contributed by atoms with Gasteiger partial charge in [-0.3, -0.25) is 14.5 Å². The molecule has 0 fully saturated rings. The Morgan fingerprint density at radius 2 is 1.55 bits per heavy atom. The SMILES string of the molecule is COc1ccc2c(c1)C(C(=O)NC(Cc1ccccc1CC(NC(=O)CC(C)(C)C)C(=O)O)C(=O)O)N(C)CC2. The number of hydrogen-bond donors (Lipinski definition) is 4. The average molecular weight is 554 g/mol. The molecule has 1 aliphatic heterocycles. The molecule has 3 atom stereocenters. The van der Waals surface area contributed by atoms with E-state index in [4.69, 9.17) is 4.74 Å². The van der Waals surface area contributed by atoms with Crippen molar-refractivity contribution < 1.29 is 34.1 Å². The van der Waals surface area contributed by atoms with Crippen LogP contribution >= 0.6 is 0 Å². The summed E-state index contributed by atoms with van der Waals surface area (Å²) in [6.07, 6.45) is 0.837. The molecule has 2 aromatic carbocycles. The predicted octanol–water partition coefficient (Wildman–Crippen LogP) is 2.58. The zero-order valence-corrected chi connectivity index (χ0v) is 23.7. The maximum atomic E-state index is 13.5. The number of carbonyl (C=O) groups excluding carboxylic acids is 2. The van der Waals surface area contributed by atoms with Gasteiger partial charge < -0.3 is 25.6 Å². The summed E-state index contributed by atoms with van der Waals surface area (Å²) in [5.41, 5.74) is 2.62. The van der Waals surface area contributed by atoms with Crippen LogP contribution in [0.25, 0.3) is 0 Å². The molecule has 10 heteroatoms. The number of fused-ring (bicyclic) bond motifs is 1. The Kier molecular flexibility index (Phi) is 9.92. The van der Waals surface area contributed by atoms with E-state index in [1.165, 1.54) is 0 Å². The number of nitrogens with zero attached hydrogens (tertiary/aromatic N) is 1. The van der Waals surface area contributed by atoms with Crippen LogP contribution < -0.4 is 15.4 Å². The molecule has 0 aliphatic carbocycles. The normalized spacial score (nSPS) is 16.8. The minimum absolute atomic E-state index is 0.0276. The Labute approximate surface area is 234 Å². The van der Waals surface area contributed by atoms with Crippen LogP contribution in [0, 0.1) is 5.41 Å². The summed E-state index contributed by atoms with van der Waals surface area (Å²) in [6, 6.07) is 9.31. The van der Waals surface area contributed by atoms with Crippen molar-refractivity contribution in [1.29, 1.82) is 0 Å². The van der Waals surface area contributed by atoms with Crippen molar-refractivity contribution in [3.8, 4) is 5.75 Å². The lowest BCUT2D eigenvalue weighted by molar-refractivity contribution is -0.143. The van der Waals surface area contributed by atoms with Crippen LogP contribution in [0.2, 0.25) is 0 Å². The minimum Gasteiger partial charge on any atom is -0.497 e. The number of ether oxygens (including phenoxy) is 1. The smallest absolute Gasteiger partial charge is 0.326 e. The highest BCUT2D eigenvalue weighted by Gasteiger charge is 2.34. The maximum Gasteiger partial charge on any atom is 0.326 e. The van der Waals surface area contributed by atoms with Gasteiger partial charge in [-0.15, -0.1) is 0 Å². The van der Waals surface area contributed by atoms with Gasteiger partial charge in [0.15, 0.2) is 0 Å². The van der Waals surface area contributed by atoms with Crippen LogP contribution in [0.4, 0.5) is 0 Å². The standard InChI is InChI=1S/C30H39N3O7/c1-30(2,3)17-25(34)31-23(28(36)37)14-19-8-6-7-9-20(19)15-24(29(38)39)32-27(35)26-22-16-21(40-5)11-10-18(22)12-13-33(26)4/h6-11,16,23-24,26H,12-15,17H2,1-5H3,(H,31,34)(H,32,35)(H,36,37)(H,38,39). The van der Waals surface area contributed by atoms with E-state index < -0.39 is 36.0 Å². The van der Waals surface area contributed by atoms with E-state index in [1.807, 2.05) is 44.9 Å². The van der Waals surface area contributed by atoms with Crippen LogP contribution in [0.1, 0.15) is 55.5 Å². The van der Waals surface area contributed by atoms with Crippen molar-refractivity contribution >= 4 is 23.8 Å². The molecule has 1 aliphatic rings. The number of nitrogens with one attached hydrogen (secondary N) is 2. The van der Waals surface area contributed by atoms with E-state index in [2.05, 4.69) is 10.6 Å². The fraction of sp³-hybridized carbons (Fsp3) is 0.467. The van der Waals surface area contributed by atoms with Crippen molar-refractivity contribution in [2.24, 2.45) is 5.41 Å². The molecule has 0 spiro atoms. The van der Waals surface area contributed by atoms with Crippen molar-refractivity contribution in [1.82, 2.24) is 15.5 Å². The first-order chi connectivity index (χ1) is 18.8. The molecule has 0 radical (unpaired) electrons. The number of carbonyl (C=O) groups is 4. The zero-order valence-electron chi connectivity index (χ0n) is 23.7. The van der Waals surface area contributed by atoms with E-state index in [9.17, 15) is 29.4 Å². The third kappa shape index (κ3) is 8.05. The number of rotatable bonds is 11. The zero-order chi connectivity index (χ0) is 29.6. The average Bonchev–Trinajstić information content (AvgIpc) is 2.87. The Balaban J connectivity index is 1.80. The quantitative estimate of drug-likeness (QED) is 0.332. The Morgan fingerprint density at radius 3 is 2.08 bits per heavy atom. The summed E-state index contributed by atoms with van der Waals surface area (Å²) < 4.78 is 5.34. The monoisotopic (exact) mass is 553 g/mol. The van der Waals surface area contributed by atoms with E-state index in [1.54, 1.807) is 37.4 Å². The fourth-order valence-electron chi connectivity index (χ4n) is 4.96. The highest BCUT2D eigenvalue weighted by atomic mass is 16.5. The first-order valence-electron chi connectivity index (χ1n) is 13.3. The topological polar surface area (TPSA) is 145 Å². The van der Waals surface area contributed by atoms with Crippen molar-refractivity contribution in [2.45, 2.75) is 64.6 Å². The molecule has 40 heavy (non-hydrogen) atoms. The largest absolute Gasteiger partial charge is 0.497 e. The van der Waals surface area contributed by atoms with Gasteiger partial charge in [0.05, 0.1) is 7.11 Å². The number of hydrogen-bond acceptors (Lipinski definition) is 6. The van der Waals surface area contributed by atoms with Gasteiger partial charge in [-0.2, -0.15) is 0 Å². The predicted molar refractivity (Wildman–Crippen MR) is 149 cm³/mol. The molecular weight excluding hydrogens is 514 g/mol. The molecule has 1 heterocycles. The van der Waals surface area contributed by atoms with Crippen LogP contribution in [0.5, 0.6) is 5.75 Å². The molecule has 4 N–H and O–H groups in total. The Morgan fingerprint density at radius 1 is 0.975 bits per heavy atom. The number of carboxylic acid groups (broad SMARTS) is 2. The van der Waals surface area contributed by atoms with Crippen LogP contribution in [-0.2, 0) is 38.4 Å². The van der Waals surface area contributed by atoms with Gasteiger partial charge in [-0.1, -0.05) is 51.1 Å². The van der Waals surface area contributed by atoms with Crippen molar-refractivity contribution in [3.05, 3.63) is 64.7 Å². The van der Waals surface area contributed by atoms with Gasteiger partial charge in [0.1, 0.15) is 23.9 Å². The lowest BCUT2D eigenvalue weighted by atomic mass is 9.91. The summed E-state index contributed by atoms with van der Waals surface area (Å²) in [7, 11) is 3.36. The van der Waals surface area contributed by atoms with Gasteiger partial charge in [0.2, 0.25) is 11.8 Å². The van der Waals surface area contributed by atoms with E-state index in [-0.39, 0.29) is 30.6 Å². The number of amides is 2. The molecule has 2 aromatic rings. The van der Waals surface area contributed by atoms with Gasteiger partial charge in [0.25, 0.3) is 0 Å². The molecule has 0 saturated heterocycles. The minimum atomic E-state index is -1.25. The Bertz CT molecular complexity index is 1250. The molecule has 0 saturated carbocycles. The number of aliphatic carboxylic acids is 2. The van der Waals surface area contributed by atoms with Crippen LogP contribution in [0.3, 0.4) is 0 Å². The molecule has 3 unspecified atom stereocenters. The van der Waals surface area contributed by atoms with Gasteiger partial charge >= 0.3 is 11.9 Å².